The minimum Gasteiger partial charge on any atom is -0.492 e. The molecule has 0 aliphatic rings. The third kappa shape index (κ3) is 2.08. The third-order valence-electron chi connectivity index (χ3n) is 2.39. The number of nitrogens with zero attached hydrogens (tertiary/aromatic N) is 1. The van der Waals surface area contributed by atoms with E-state index >= 15 is 0 Å². The number of benzene rings is 1. The number of para-hydroxylation sites is 1. The van der Waals surface area contributed by atoms with Gasteiger partial charge in [-0.2, -0.15) is 0 Å². The Morgan fingerprint density at radius 2 is 1.78 bits per heavy atom. The molecule has 2 rings (SSSR count). The number of hydrogen-bond acceptors (Lipinski definition) is 5. The summed E-state index contributed by atoms with van der Waals surface area (Å²) in [6, 6.07) is 9.18. The van der Waals surface area contributed by atoms with Crippen molar-refractivity contribution < 1.29 is 19.8 Å². The molecule has 1 heterocycles. The van der Waals surface area contributed by atoms with Crippen LogP contribution >= 0.6 is 0 Å². The highest BCUT2D eigenvalue weighted by atomic mass is 16.7. The van der Waals surface area contributed by atoms with Crippen LogP contribution in [0.4, 0.5) is 5.69 Å². The van der Waals surface area contributed by atoms with Gasteiger partial charge < -0.3 is 20.4 Å². The molecule has 0 saturated carbocycles. The van der Waals surface area contributed by atoms with E-state index in [-0.39, 0.29) is 11.8 Å². The molecule has 2 aromatic rings. The number of anilines is 1. The summed E-state index contributed by atoms with van der Waals surface area (Å²) in [7, 11) is 1.68. The first-order valence-electron chi connectivity index (χ1n) is 5.22. The molecule has 1 aromatic carbocycles. The maximum absolute atomic E-state index is 11.9. The van der Waals surface area contributed by atoms with E-state index in [1.807, 2.05) is 0 Å². The summed E-state index contributed by atoms with van der Waals surface area (Å²) in [5.74, 6) is -1.41. The number of carbonyl (C=O) groups excluding carboxylic acids is 1. The van der Waals surface area contributed by atoms with Crippen LogP contribution in [0.3, 0.4) is 0 Å². The molecule has 0 fully saturated rings. The van der Waals surface area contributed by atoms with Gasteiger partial charge in [-0.1, -0.05) is 12.1 Å². The minimum absolute atomic E-state index is 0.299. The van der Waals surface area contributed by atoms with Crippen LogP contribution in [0.2, 0.25) is 0 Å². The zero-order chi connectivity index (χ0) is 13.1. The molecule has 18 heavy (non-hydrogen) atoms. The van der Waals surface area contributed by atoms with Crippen molar-refractivity contribution in [2.24, 2.45) is 0 Å². The highest BCUT2D eigenvalue weighted by Crippen LogP contribution is 2.20. The van der Waals surface area contributed by atoms with Gasteiger partial charge in [-0.15, -0.1) is 4.73 Å². The molecular weight excluding hydrogens is 236 g/mol. The normalized spacial score (nSPS) is 10.1. The van der Waals surface area contributed by atoms with E-state index in [1.54, 1.807) is 31.3 Å². The molecule has 6 heteroatoms. The van der Waals surface area contributed by atoms with Gasteiger partial charge in [0.15, 0.2) is 0 Å². The zero-order valence-electron chi connectivity index (χ0n) is 9.62. The Morgan fingerprint density at radius 3 is 2.39 bits per heavy atom. The predicted molar refractivity (Wildman–Crippen MR) is 64.7 cm³/mol. The van der Waals surface area contributed by atoms with Crippen LogP contribution in [-0.2, 0) is 0 Å². The number of carbonyl (C=O) groups is 1. The molecule has 0 unspecified atom stereocenters. The van der Waals surface area contributed by atoms with E-state index in [0.717, 1.165) is 0 Å². The van der Waals surface area contributed by atoms with Crippen LogP contribution in [0.15, 0.2) is 36.4 Å². The van der Waals surface area contributed by atoms with Crippen molar-refractivity contribution in [2.75, 3.05) is 12.4 Å². The lowest BCUT2D eigenvalue weighted by Gasteiger charge is -2.09. The molecule has 0 saturated heterocycles. The van der Waals surface area contributed by atoms with Gasteiger partial charge in [0.25, 0.3) is 0 Å². The Bertz CT molecular complexity index is 558. The summed E-state index contributed by atoms with van der Waals surface area (Å²) >= 11 is 0. The quantitative estimate of drug-likeness (QED) is 0.760. The van der Waals surface area contributed by atoms with Crippen molar-refractivity contribution in [1.29, 1.82) is 0 Å². The van der Waals surface area contributed by atoms with Crippen LogP contribution in [0.1, 0.15) is 10.4 Å². The van der Waals surface area contributed by atoms with Gasteiger partial charge in [-0.25, -0.2) is 4.79 Å². The topological polar surface area (TPSA) is 83.7 Å². The second-order valence-electron chi connectivity index (χ2n) is 3.52. The molecule has 0 radical (unpaired) electrons. The van der Waals surface area contributed by atoms with Crippen LogP contribution < -0.4 is 10.2 Å². The molecule has 6 nitrogen and oxygen atoms in total. The molecular formula is C12H12N2O4. The SMILES string of the molecule is CNc1ccccc1C(=O)On1c(O)ccc1O. The smallest absolute Gasteiger partial charge is 0.366 e. The van der Waals surface area contributed by atoms with Gasteiger partial charge in [-0.05, 0) is 12.1 Å². The largest absolute Gasteiger partial charge is 0.492 e. The fourth-order valence-corrected chi connectivity index (χ4v) is 1.51. The van der Waals surface area contributed by atoms with E-state index in [9.17, 15) is 15.0 Å². The molecule has 0 amide bonds. The first kappa shape index (κ1) is 11.8. The Morgan fingerprint density at radius 1 is 1.17 bits per heavy atom. The highest BCUT2D eigenvalue weighted by Gasteiger charge is 2.16. The van der Waals surface area contributed by atoms with E-state index in [2.05, 4.69) is 5.32 Å². The number of hydrogen-bond donors (Lipinski definition) is 3. The highest BCUT2D eigenvalue weighted by molar-refractivity contribution is 5.95. The van der Waals surface area contributed by atoms with Gasteiger partial charge in [0.1, 0.15) is 0 Å². The van der Waals surface area contributed by atoms with E-state index in [4.69, 9.17) is 4.84 Å². The maximum Gasteiger partial charge on any atom is 0.366 e. The minimum atomic E-state index is -0.693. The second kappa shape index (κ2) is 4.70. The van der Waals surface area contributed by atoms with Gasteiger partial charge >= 0.3 is 5.97 Å². The summed E-state index contributed by atoms with van der Waals surface area (Å²) in [5.41, 5.74) is 0.890. The summed E-state index contributed by atoms with van der Waals surface area (Å²) < 4.78 is 0.648. The predicted octanol–water partition coefficient (Wildman–Crippen LogP) is 1.21. The molecule has 94 valence electrons. The molecule has 0 spiro atoms. The Kier molecular flexibility index (Phi) is 3.09. The fourth-order valence-electron chi connectivity index (χ4n) is 1.51. The van der Waals surface area contributed by atoms with Crippen molar-refractivity contribution in [3.8, 4) is 11.8 Å². The number of nitrogens with one attached hydrogen (secondary N) is 1. The van der Waals surface area contributed by atoms with Crippen molar-refractivity contribution in [1.82, 2.24) is 4.73 Å². The van der Waals surface area contributed by atoms with Crippen molar-refractivity contribution in [2.45, 2.75) is 0 Å². The molecule has 1 aromatic heterocycles. The first-order chi connectivity index (χ1) is 8.63. The summed E-state index contributed by atoms with van der Waals surface area (Å²) in [6.07, 6.45) is 0. The van der Waals surface area contributed by atoms with Crippen molar-refractivity contribution in [3.63, 3.8) is 0 Å². The molecule has 0 bridgehead atoms. The monoisotopic (exact) mass is 248 g/mol. The van der Waals surface area contributed by atoms with Crippen LogP contribution in [-0.4, -0.2) is 28.0 Å². The Balaban J connectivity index is 2.28. The molecule has 0 aliphatic heterocycles. The average molecular weight is 248 g/mol. The standard InChI is InChI=1S/C12H12N2O4/c1-13-9-5-3-2-4-8(9)12(17)18-14-10(15)6-7-11(14)16/h2-7,13,15-16H,1H3. The number of aromatic nitrogens is 1. The zero-order valence-corrected chi connectivity index (χ0v) is 9.62. The summed E-state index contributed by atoms with van der Waals surface area (Å²) in [6.45, 7) is 0. The molecule has 0 aliphatic carbocycles. The average Bonchev–Trinajstić information content (AvgIpc) is 2.70. The molecule has 0 atom stereocenters. The lowest BCUT2D eigenvalue weighted by Crippen LogP contribution is -2.20. The van der Waals surface area contributed by atoms with Gasteiger partial charge in [-0.3, -0.25) is 0 Å². The summed E-state index contributed by atoms with van der Waals surface area (Å²) in [4.78, 5) is 16.8. The number of rotatable bonds is 3. The fraction of sp³-hybridized carbons (Fsp3) is 0.0833. The third-order valence-corrected chi connectivity index (χ3v) is 2.39. The number of aromatic hydroxyl groups is 2. The van der Waals surface area contributed by atoms with E-state index in [1.165, 1.54) is 12.1 Å². The van der Waals surface area contributed by atoms with Crippen LogP contribution in [0.5, 0.6) is 11.8 Å². The molecule has 3 N–H and O–H groups in total. The lowest BCUT2D eigenvalue weighted by atomic mass is 10.2. The van der Waals surface area contributed by atoms with E-state index in [0.29, 0.717) is 16.0 Å². The van der Waals surface area contributed by atoms with Crippen molar-refractivity contribution in [3.05, 3.63) is 42.0 Å². The van der Waals surface area contributed by atoms with E-state index < -0.39 is 5.97 Å². The van der Waals surface area contributed by atoms with Gasteiger partial charge in [0.05, 0.1) is 5.56 Å². The maximum atomic E-state index is 11.9. The Hall–Kier alpha value is -2.63. The second-order valence-corrected chi connectivity index (χ2v) is 3.52. The lowest BCUT2D eigenvalue weighted by molar-refractivity contribution is 0.0383. The Labute approximate surface area is 103 Å². The first-order valence-corrected chi connectivity index (χ1v) is 5.22. The van der Waals surface area contributed by atoms with Gasteiger partial charge in [0.2, 0.25) is 11.8 Å². The van der Waals surface area contributed by atoms with Crippen LogP contribution in [0, 0.1) is 0 Å². The van der Waals surface area contributed by atoms with Gasteiger partial charge in [0, 0.05) is 24.9 Å². The summed E-state index contributed by atoms with van der Waals surface area (Å²) in [5, 5.41) is 21.6. The van der Waals surface area contributed by atoms with Crippen molar-refractivity contribution >= 4 is 11.7 Å². The van der Waals surface area contributed by atoms with Crippen LogP contribution in [0.25, 0.3) is 0 Å².